The van der Waals surface area contributed by atoms with Crippen molar-refractivity contribution < 1.29 is 14.6 Å². The van der Waals surface area contributed by atoms with E-state index < -0.39 is 5.60 Å². The molecular weight excluding hydrogens is 252 g/mol. The minimum Gasteiger partial charge on any atom is -0.460 e. The predicted octanol–water partition coefficient (Wildman–Crippen LogP) is 3.63. The van der Waals surface area contributed by atoms with E-state index >= 15 is 0 Å². The first-order chi connectivity index (χ1) is 9.23. The van der Waals surface area contributed by atoms with Crippen molar-refractivity contribution in [2.75, 3.05) is 0 Å². The molecule has 1 rings (SSSR count). The van der Waals surface area contributed by atoms with E-state index in [0.29, 0.717) is 12.3 Å². The van der Waals surface area contributed by atoms with Crippen LogP contribution in [0.1, 0.15) is 53.9 Å². The van der Waals surface area contributed by atoms with Crippen LogP contribution >= 0.6 is 0 Å². The lowest BCUT2D eigenvalue weighted by molar-refractivity contribution is -0.160. The summed E-state index contributed by atoms with van der Waals surface area (Å²) in [5.74, 6) is 0.133. The number of esters is 1. The quantitative estimate of drug-likeness (QED) is 0.782. The fourth-order valence-corrected chi connectivity index (χ4v) is 2.37. The molecule has 3 atom stereocenters. The van der Waals surface area contributed by atoms with Crippen molar-refractivity contribution in [3.05, 3.63) is 23.8 Å². The third kappa shape index (κ3) is 5.49. The van der Waals surface area contributed by atoms with E-state index in [2.05, 4.69) is 13.0 Å². The molecule has 0 spiro atoms. The van der Waals surface area contributed by atoms with Gasteiger partial charge in [0.15, 0.2) is 0 Å². The Hall–Kier alpha value is -1.09. The molecule has 0 saturated carbocycles. The lowest BCUT2D eigenvalue weighted by Gasteiger charge is -2.26. The molecule has 1 aliphatic rings. The third-order valence-corrected chi connectivity index (χ3v) is 3.55. The molecule has 0 amide bonds. The minimum absolute atomic E-state index is 0.0645. The van der Waals surface area contributed by atoms with Crippen LogP contribution < -0.4 is 0 Å². The second-order valence-corrected chi connectivity index (χ2v) is 6.64. The van der Waals surface area contributed by atoms with Gasteiger partial charge in [-0.15, -0.1) is 0 Å². The second kappa shape index (κ2) is 7.07. The van der Waals surface area contributed by atoms with Gasteiger partial charge in [0.2, 0.25) is 0 Å². The standard InChI is InChI=1S/C17H28O3/c1-6-13(16(19)20-17(3,4)5)11-12(2)14-7-9-15(18)10-8-14/h7-9,12-13,15,18H,6,10-11H2,1-5H3. The van der Waals surface area contributed by atoms with Crippen LogP contribution in [0.4, 0.5) is 0 Å². The van der Waals surface area contributed by atoms with Crippen LogP contribution in [0.15, 0.2) is 23.8 Å². The predicted molar refractivity (Wildman–Crippen MR) is 81.3 cm³/mol. The summed E-state index contributed by atoms with van der Waals surface area (Å²) < 4.78 is 5.48. The van der Waals surface area contributed by atoms with Gasteiger partial charge in [-0.1, -0.05) is 32.1 Å². The Bertz CT molecular complexity index is 388. The topological polar surface area (TPSA) is 46.5 Å². The maximum absolute atomic E-state index is 12.2. The van der Waals surface area contributed by atoms with Crippen molar-refractivity contribution in [2.24, 2.45) is 11.8 Å². The maximum Gasteiger partial charge on any atom is 0.309 e. The second-order valence-electron chi connectivity index (χ2n) is 6.64. The van der Waals surface area contributed by atoms with Gasteiger partial charge in [-0.3, -0.25) is 4.79 Å². The molecule has 1 aliphatic carbocycles. The molecule has 3 nitrogen and oxygen atoms in total. The Labute approximate surface area is 122 Å². The summed E-state index contributed by atoms with van der Waals surface area (Å²) in [7, 11) is 0. The molecule has 0 aromatic heterocycles. The van der Waals surface area contributed by atoms with Crippen LogP contribution in [0.3, 0.4) is 0 Å². The zero-order chi connectivity index (χ0) is 15.3. The normalized spacial score (nSPS) is 22.1. The number of rotatable bonds is 5. The first kappa shape index (κ1) is 17.0. The van der Waals surface area contributed by atoms with Crippen molar-refractivity contribution in [1.82, 2.24) is 0 Å². The SMILES string of the molecule is CCC(CC(C)C1=CCC(O)C=C1)C(=O)OC(C)(C)C. The van der Waals surface area contributed by atoms with Crippen LogP contribution in [-0.4, -0.2) is 22.8 Å². The van der Waals surface area contributed by atoms with Crippen LogP contribution in [-0.2, 0) is 9.53 Å². The van der Waals surface area contributed by atoms with E-state index in [4.69, 9.17) is 4.74 Å². The molecule has 0 aliphatic heterocycles. The fraction of sp³-hybridized carbons (Fsp3) is 0.706. The average Bonchev–Trinajstić information content (AvgIpc) is 2.34. The number of hydrogen-bond donors (Lipinski definition) is 1. The first-order valence-corrected chi connectivity index (χ1v) is 7.52. The third-order valence-electron chi connectivity index (χ3n) is 3.55. The van der Waals surface area contributed by atoms with Crippen LogP contribution in [0.2, 0.25) is 0 Å². The Kier molecular flexibility index (Phi) is 6.00. The number of ether oxygens (including phenoxy) is 1. The zero-order valence-electron chi connectivity index (χ0n) is 13.3. The molecule has 0 heterocycles. The van der Waals surface area contributed by atoms with E-state index in [0.717, 1.165) is 12.8 Å². The molecular formula is C17H28O3. The zero-order valence-corrected chi connectivity index (χ0v) is 13.3. The first-order valence-electron chi connectivity index (χ1n) is 7.52. The average molecular weight is 280 g/mol. The van der Waals surface area contributed by atoms with Gasteiger partial charge in [0.05, 0.1) is 12.0 Å². The Morgan fingerprint density at radius 3 is 2.60 bits per heavy atom. The molecule has 0 bridgehead atoms. The number of aliphatic hydroxyl groups excluding tert-OH is 1. The summed E-state index contributed by atoms with van der Waals surface area (Å²) in [5.41, 5.74) is 0.777. The van der Waals surface area contributed by atoms with Gasteiger partial charge >= 0.3 is 5.97 Å². The van der Waals surface area contributed by atoms with E-state index in [-0.39, 0.29) is 18.0 Å². The highest BCUT2D eigenvalue weighted by atomic mass is 16.6. The van der Waals surface area contributed by atoms with E-state index in [1.54, 1.807) is 0 Å². The molecule has 0 radical (unpaired) electrons. The highest BCUT2D eigenvalue weighted by molar-refractivity contribution is 5.72. The number of allylic oxidation sites excluding steroid dienone is 2. The summed E-state index contributed by atoms with van der Waals surface area (Å²) in [6, 6.07) is 0. The van der Waals surface area contributed by atoms with Crippen molar-refractivity contribution in [1.29, 1.82) is 0 Å². The smallest absolute Gasteiger partial charge is 0.309 e. The molecule has 0 fully saturated rings. The van der Waals surface area contributed by atoms with Crippen LogP contribution in [0, 0.1) is 11.8 Å². The van der Waals surface area contributed by atoms with Crippen molar-refractivity contribution in [2.45, 2.75) is 65.6 Å². The molecule has 0 aromatic rings. The van der Waals surface area contributed by atoms with Crippen LogP contribution in [0.5, 0.6) is 0 Å². The van der Waals surface area contributed by atoms with Crippen LogP contribution in [0.25, 0.3) is 0 Å². The number of carbonyl (C=O) groups excluding carboxylic acids is 1. The van der Waals surface area contributed by atoms with Crippen molar-refractivity contribution in [3.63, 3.8) is 0 Å². The minimum atomic E-state index is -0.429. The van der Waals surface area contributed by atoms with Gasteiger partial charge in [0, 0.05) is 0 Å². The summed E-state index contributed by atoms with van der Waals surface area (Å²) in [6.07, 6.45) is 7.74. The molecule has 3 heteroatoms. The lowest BCUT2D eigenvalue weighted by Crippen LogP contribution is -2.29. The highest BCUT2D eigenvalue weighted by Crippen LogP contribution is 2.27. The summed E-state index contributed by atoms with van der Waals surface area (Å²) >= 11 is 0. The Morgan fingerprint density at radius 2 is 2.15 bits per heavy atom. The van der Waals surface area contributed by atoms with Gasteiger partial charge < -0.3 is 9.84 Å². The molecule has 20 heavy (non-hydrogen) atoms. The van der Waals surface area contributed by atoms with Crippen molar-refractivity contribution in [3.8, 4) is 0 Å². The number of aliphatic hydroxyl groups is 1. The Morgan fingerprint density at radius 1 is 1.50 bits per heavy atom. The number of hydrogen-bond acceptors (Lipinski definition) is 3. The number of carbonyl (C=O) groups is 1. The largest absolute Gasteiger partial charge is 0.460 e. The molecule has 1 N–H and O–H groups in total. The molecule has 0 aromatic carbocycles. The van der Waals surface area contributed by atoms with E-state index in [1.165, 1.54) is 5.57 Å². The van der Waals surface area contributed by atoms with Gasteiger partial charge in [0.1, 0.15) is 5.60 Å². The Balaban J connectivity index is 2.60. The lowest BCUT2D eigenvalue weighted by atomic mass is 9.86. The van der Waals surface area contributed by atoms with E-state index in [9.17, 15) is 9.90 Å². The molecule has 3 unspecified atom stereocenters. The maximum atomic E-state index is 12.2. The monoisotopic (exact) mass is 280 g/mol. The van der Waals surface area contributed by atoms with Crippen molar-refractivity contribution >= 4 is 5.97 Å². The van der Waals surface area contributed by atoms with Gasteiger partial charge in [0.25, 0.3) is 0 Å². The van der Waals surface area contributed by atoms with Gasteiger partial charge in [-0.25, -0.2) is 0 Å². The van der Waals surface area contributed by atoms with Gasteiger partial charge in [-0.05, 0) is 51.5 Å². The summed E-state index contributed by atoms with van der Waals surface area (Å²) in [5, 5.41) is 9.45. The molecule has 0 saturated heterocycles. The van der Waals surface area contributed by atoms with E-state index in [1.807, 2.05) is 39.8 Å². The fourth-order valence-electron chi connectivity index (χ4n) is 2.37. The summed E-state index contributed by atoms with van der Waals surface area (Å²) in [4.78, 5) is 12.2. The molecule has 114 valence electrons. The van der Waals surface area contributed by atoms with Gasteiger partial charge in [-0.2, -0.15) is 0 Å². The summed E-state index contributed by atoms with van der Waals surface area (Å²) in [6.45, 7) is 9.84. The highest BCUT2D eigenvalue weighted by Gasteiger charge is 2.26.